The first-order valence-corrected chi connectivity index (χ1v) is 9.77. The van der Waals surface area contributed by atoms with Gasteiger partial charge in [-0.15, -0.1) is 0 Å². The summed E-state index contributed by atoms with van der Waals surface area (Å²) in [6.07, 6.45) is 3.61. The Morgan fingerprint density at radius 2 is 2.04 bits per heavy atom. The third-order valence-corrected chi connectivity index (χ3v) is 4.42. The van der Waals surface area contributed by atoms with Gasteiger partial charge in [0.1, 0.15) is 5.75 Å². The van der Waals surface area contributed by atoms with Gasteiger partial charge in [0.25, 0.3) is 5.91 Å². The second-order valence-corrected chi connectivity index (χ2v) is 7.63. The first-order chi connectivity index (χ1) is 10.9. The number of ether oxygens (including phenoxy) is 1. The Morgan fingerprint density at radius 3 is 2.65 bits per heavy atom. The average molecular weight is 340 g/mol. The minimum atomic E-state index is -3.26. The van der Waals surface area contributed by atoms with Crippen LogP contribution in [-0.4, -0.2) is 51.2 Å². The van der Waals surface area contributed by atoms with Crippen LogP contribution in [0.1, 0.15) is 36.5 Å². The van der Waals surface area contributed by atoms with E-state index in [4.69, 9.17) is 4.74 Å². The second kappa shape index (κ2) is 7.79. The van der Waals surface area contributed by atoms with Gasteiger partial charge in [-0.05, 0) is 43.5 Å². The van der Waals surface area contributed by atoms with Crippen molar-refractivity contribution in [3.8, 4) is 5.75 Å². The maximum absolute atomic E-state index is 12.5. The van der Waals surface area contributed by atoms with Crippen molar-refractivity contribution in [2.75, 3.05) is 26.0 Å². The van der Waals surface area contributed by atoms with Crippen LogP contribution in [0.2, 0.25) is 0 Å². The van der Waals surface area contributed by atoms with Gasteiger partial charge in [0.15, 0.2) is 0 Å². The fourth-order valence-electron chi connectivity index (χ4n) is 2.66. The molecule has 128 valence electrons. The fourth-order valence-corrected chi connectivity index (χ4v) is 3.45. The highest BCUT2D eigenvalue weighted by molar-refractivity contribution is 7.88. The number of nitrogens with one attached hydrogen (secondary N) is 1. The molecule has 1 aromatic carbocycles. The van der Waals surface area contributed by atoms with E-state index in [1.807, 2.05) is 6.92 Å². The Labute approximate surface area is 137 Å². The van der Waals surface area contributed by atoms with Gasteiger partial charge >= 0.3 is 0 Å². The van der Waals surface area contributed by atoms with E-state index < -0.39 is 10.0 Å². The Hall–Kier alpha value is -1.60. The molecule has 1 aliphatic heterocycles. The third kappa shape index (κ3) is 5.51. The number of rotatable bonds is 6. The number of likely N-dealkylation sites (tertiary alicyclic amines) is 1. The van der Waals surface area contributed by atoms with E-state index in [0.717, 1.165) is 31.3 Å². The Kier molecular flexibility index (Phi) is 6.01. The van der Waals surface area contributed by atoms with Crippen molar-refractivity contribution < 1.29 is 17.9 Å². The van der Waals surface area contributed by atoms with E-state index in [1.165, 1.54) is 0 Å². The maximum atomic E-state index is 12.5. The number of hydrogen-bond acceptors (Lipinski definition) is 4. The maximum Gasteiger partial charge on any atom is 0.253 e. The summed E-state index contributed by atoms with van der Waals surface area (Å²) in [5.41, 5.74) is 0.592. The lowest BCUT2D eigenvalue weighted by Gasteiger charge is -2.32. The predicted octanol–water partition coefficient (Wildman–Crippen LogP) is 1.63. The Morgan fingerprint density at radius 1 is 1.35 bits per heavy atom. The average Bonchev–Trinajstić information content (AvgIpc) is 2.51. The minimum Gasteiger partial charge on any atom is -0.494 e. The zero-order chi connectivity index (χ0) is 16.9. The lowest BCUT2D eigenvalue weighted by atomic mass is 10.1. The molecule has 1 amide bonds. The molecule has 2 rings (SSSR count). The fraction of sp³-hybridized carbons (Fsp3) is 0.562. The van der Waals surface area contributed by atoms with Crippen LogP contribution in [0.15, 0.2) is 24.3 Å². The molecule has 7 heteroatoms. The molecular formula is C16H24N2O4S. The van der Waals surface area contributed by atoms with Gasteiger partial charge in [0.2, 0.25) is 10.0 Å². The summed E-state index contributed by atoms with van der Waals surface area (Å²) in [5, 5.41) is 0. The van der Waals surface area contributed by atoms with Crippen molar-refractivity contribution in [3.05, 3.63) is 29.8 Å². The summed E-state index contributed by atoms with van der Waals surface area (Å²) in [7, 11) is -3.26. The molecule has 0 spiro atoms. The molecular weight excluding hydrogens is 316 g/mol. The number of hydrogen-bond donors (Lipinski definition) is 1. The number of sulfonamides is 1. The number of benzene rings is 1. The van der Waals surface area contributed by atoms with E-state index in [9.17, 15) is 13.2 Å². The van der Waals surface area contributed by atoms with Gasteiger partial charge in [-0.1, -0.05) is 6.92 Å². The van der Waals surface area contributed by atoms with Crippen molar-refractivity contribution in [3.63, 3.8) is 0 Å². The molecule has 1 aliphatic rings. The van der Waals surface area contributed by atoms with Crippen LogP contribution < -0.4 is 9.46 Å². The summed E-state index contributed by atoms with van der Waals surface area (Å²) in [6, 6.07) is 6.87. The standard InChI is InChI=1S/C16H24N2O4S/c1-3-11-22-15-8-6-13(7-9-15)16(19)18-10-4-5-14(12-18)17-23(2,20)21/h6-9,14,17H,3-5,10-12H2,1-2H3/t14-/m0/s1. The smallest absolute Gasteiger partial charge is 0.253 e. The van der Waals surface area contributed by atoms with Gasteiger partial charge in [0, 0.05) is 24.7 Å². The van der Waals surface area contributed by atoms with Gasteiger partial charge in [-0.2, -0.15) is 0 Å². The van der Waals surface area contributed by atoms with Gasteiger partial charge < -0.3 is 9.64 Å². The quantitative estimate of drug-likeness (QED) is 0.854. The van der Waals surface area contributed by atoms with E-state index in [2.05, 4.69) is 4.72 Å². The van der Waals surface area contributed by atoms with Crippen LogP contribution in [0, 0.1) is 0 Å². The third-order valence-electron chi connectivity index (χ3n) is 3.66. The van der Waals surface area contributed by atoms with E-state index in [0.29, 0.717) is 25.3 Å². The van der Waals surface area contributed by atoms with E-state index in [1.54, 1.807) is 29.2 Å². The SMILES string of the molecule is CCCOc1ccc(C(=O)N2CCC[C@H](NS(C)(=O)=O)C2)cc1. The molecule has 0 radical (unpaired) electrons. The van der Waals surface area contributed by atoms with Crippen LogP contribution >= 0.6 is 0 Å². The molecule has 1 atom stereocenters. The summed E-state index contributed by atoms with van der Waals surface area (Å²) in [4.78, 5) is 14.2. The minimum absolute atomic E-state index is 0.0768. The molecule has 1 N–H and O–H groups in total. The summed E-state index contributed by atoms with van der Waals surface area (Å²) < 4.78 is 30.8. The molecule has 0 aliphatic carbocycles. The predicted molar refractivity (Wildman–Crippen MR) is 89.1 cm³/mol. The zero-order valence-corrected chi connectivity index (χ0v) is 14.4. The van der Waals surface area contributed by atoms with Crippen LogP contribution in [0.3, 0.4) is 0 Å². The molecule has 1 fully saturated rings. The van der Waals surface area contributed by atoms with Crippen LogP contribution in [0.25, 0.3) is 0 Å². The molecule has 23 heavy (non-hydrogen) atoms. The Balaban J connectivity index is 1.99. The number of carbonyl (C=O) groups is 1. The highest BCUT2D eigenvalue weighted by Gasteiger charge is 2.26. The van der Waals surface area contributed by atoms with Gasteiger partial charge in [0.05, 0.1) is 12.9 Å². The number of carbonyl (C=O) groups excluding carboxylic acids is 1. The molecule has 0 unspecified atom stereocenters. The normalized spacial score (nSPS) is 18.7. The van der Waals surface area contributed by atoms with Crippen molar-refractivity contribution in [1.82, 2.24) is 9.62 Å². The summed E-state index contributed by atoms with van der Waals surface area (Å²) >= 11 is 0. The number of amides is 1. The molecule has 0 saturated carbocycles. The van der Waals surface area contributed by atoms with E-state index in [-0.39, 0.29) is 11.9 Å². The Bertz CT molecular complexity index is 628. The lowest BCUT2D eigenvalue weighted by molar-refractivity contribution is 0.0703. The van der Waals surface area contributed by atoms with Crippen molar-refractivity contribution in [2.45, 2.75) is 32.2 Å². The lowest BCUT2D eigenvalue weighted by Crippen LogP contribution is -2.49. The van der Waals surface area contributed by atoms with Crippen molar-refractivity contribution in [2.24, 2.45) is 0 Å². The topological polar surface area (TPSA) is 75.7 Å². The molecule has 1 heterocycles. The van der Waals surface area contributed by atoms with Crippen LogP contribution in [-0.2, 0) is 10.0 Å². The first-order valence-electron chi connectivity index (χ1n) is 7.88. The first kappa shape index (κ1) is 17.7. The molecule has 6 nitrogen and oxygen atoms in total. The van der Waals surface area contributed by atoms with Crippen LogP contribution in [0.4, 0.5) is 0 Å². The number of nitrogens with zero attached hydrogens (tertiary/aromatic N) is 1. The molecule has 1 aromatic rings. The summed E-state index contributed by atoms with van der Waals surface area (Å²) in [5.74, 6) is 0.672. The van der Waals surface area contributed by atoms with Crippen LogP contribution in [0.5, 0.6) is 5.75 Å². The molecule has 0 aromatic heterocycles. The largest absolute Gasteiger partial charge is 0.494 e. The second-order valence-electron chi connectivity index (χ2n) is 5.85. The molecule has 1 saturated heterocycles. The summed E-state index contributed by atoms with van der Waals surface area (Å²) in [6.45, 7) is 3.74. The zero-order valence-electron chi connectivity index (χ0n) is 13.6. The van der Waals surface area contributed by atoms with Crippen molar-refractivity contribution in [1.29, 1.82) is 0 Å². The van der Waals surface area contributed by atoms with Gasteiger partial charge in [-0.25, -0.2) is 13.1 Å². The number of piperidine rings is 1. The van der Waals surface area contributed by atoms with Gasteiger partial charge in [-0.3, -0.25) is 4.79 Å². The highest BCUT2D eigenvalue weighted by atomic mass is 32.2. The molecule has 0 bridgehead atoms. The monoisotopic (exact) mass is 340 g/mol. The highest BCUT2D eigenvalue weighted by Crippen LogP contribution is 2.17. The van der Waals surface area contributed by atoms with Crippen molar-refractivity contribution >= 4 is 15.9 Å². The van der Waals surface area contributed by atoms with E-state index >= 15 is 0 Å².